The Morgan fingerprint density at radius 2 is 0.919 bits per heavy atom. The molecular formula is C57H34N4O. The molecule has 0 saturated carbocycles. The van der Waals surface area contributed by atoms with Crippen LogP contribution in [-0.2, 0) is 0 Å². The number of para-hydroxylation sites is 1. The Kier molecular flexibility index (Phi) is 7.54. The van der Waals surface area contributed by atoms with Crippen molar-refractivity contribution < 1.29 is 4.42 Å². The Hall–Kier alpha value is -8.41. The third-order valence-electron chi connectivity index (χ3n) is 12.4. The van der Waals surface area contributed by atoms with Crippen LogP contribution in [0.1, 0.15) is 0 Å². The SMILES string of the molecule is c1ccc(-c2ccc(-c3nc(-c4ccc5ccccc5c4)nc(-c4cc(-n5c6ccccc6c6cc7ccccc7cc65)cc5c4oc4ccc6ccccc6c45)n3)cc2)cc1. The number of benzene rings is 10. The Bertz CT molecular complexity index is 3920. The van der Waals surface area contributed by atoms with Crippen LogP contribution in [0.3, 0.4) is 0 Å². The highest BCUT2D eigenvalue weighted by atomic mass is 16.3. The fourth-order valence-corrected chi connectivity index (χ4v) is 9.39. The minimum absolute atomic E-state index is 0.534. The summed E-state index contributed by atoms with van der Waals surface area (Å²) in [4.78, 5) is 15.9. The molecule has 62 heavy (non-hydrogen) atoms. The minimum Gasteiger partial charge on any atom is -0.455 e. The number of rotatable bonds is 5. The van der Waals surface area contributed by atoms with Crippen LogP contribution in [0.4, 0.5) is 0 Å². The van der Waals surface area contributed by atoms with Crippen molar-refractivity contribution in [2.45, 2.75) is 0 Å². The lowest BCUT2D eigenvalue weighted by molar-refractivity contribution is 0.669. The van der Waals surface area contributed by atoms with E-state index in [0.29, 0.717) is 17.5 Å². The molecule has 3 heterocycles. The summed E-state index contributed by atoms with van der Waals surface area (Å²) in [7, 11) is 0. The van der Waals surface area contributed by atoms with Gasteiger partial charge in [-0.3, -0.25) is 0 Å². The second-order valence-corrected chi connectivity index (χ2v) is 16.0. The van der Waals surface area contributed by atoms with Crippen LogP contribution < -0.4 is 0 Å². The van der Waals surface area contributed by atoms with Gasteiger partial charge in [-0.1, -0.05) is 164 Å². The summed E-state index contributed by atoms with van der Waals surface area (Å²) in [6.45, 7) is 0. The van der Waals surface area contributed by atoms with Gasteiger partial charge in [0.1, 0.15) is 11.2 Å². The summed E-state index contributed by atoms with van der Waals surface area (Å²) < 4.78 is 9.34. The van der Waals surface area contributed by atoms with Gasteiger partial charge < -0.3 is 8.98 Å². The summed E-state index contributed by atoms with van der Waals surface area (Å²) in [5.74, 6) is 1.71. The van der Waals surface area contributed by atoms with Gasteiger partial charge in [0.25, 0.3) is 0 Å². The Morgan fingerprint density at radius 3 is 1.73 bits per heavy atom. The molecule has 13 aromatic rings. The second-order valence-electron chi connectivity index (χ2n) is 16.0. The number of hydrogen-bond acceptors (Lipinski definition) is 4. The van der Waals surface area contributed by atoms with Crippen LogP contribution in [0.2, 0.25) is 0 Å². The lowest BCUT2D eigenvalue weighted by Crippen LogP contribution is -2.02. The van der Waals surface area contributed by atoms with Crippen molar-refractivity contribution in [1.82, 2.24) is 19.5 Å². The molecule has 288 valence electrons. The smallest absolute Gasteiger partial charge is 0.167 e. The van der Waals surface area contributed by atoms with E-state index in [1.165, 1.54) is 21.5 Å². The van der Waals surface area contributed by atoms with Gasteiger partial charge in [-0.2, -0.15) is 0 Å². The van der Waals surface area contributed by atoms with Crippen molar-refractivity contribution in [3.05, 3.63) is 206 Å². The van der Waals surface area contributed by atoms with Crippen LogP contribution in [0.15, 0.2) is 211 Å². The molecular weight excluding hydrogens is 757 g/mol. The monoisotopic (exact) mass is 790 g/mol. The summed E-state index contributed by atoms with van der Waals surface area (Å²) in [5, 5.41) is 11.4. The van der Waals surface area contributed by atoms with E-state index in [0.717, 1.165) is 88.0 Å². The summed E-state index contributed by atoms with van der Waals surface area (Å²) >= 11 is 0. The molecule has 5 nitrogen and oxygen atoms in total. The predicted molar refractivity (Wildman–Crippen MR) is 256 cm³/mol. The molecule has 0 atom stereocenters. The third-order valence-corrected chi connectivity index (χ3v) is 12.4. The molecule has 3 aromatic heterocycles. The minimum atomic E-state index is 0.534. The zero-order chi connectivity index (χ0) is 40.7. The molecule has 0 aliphatic carbocycles. The van der Waals surface area contributed by atoms with Gasteiger partial charge in [0, 0.05) is 38.4 Å². The molecule has 0 aliphatic rings. The molecule has 5 heteroatoms. The standard InChI is InChI=1S/C57H34N4O/c1-2-12-35(13-3-1)37-22-25-39(26-23-37)55-58-56(43-27-24-36-14-4-5-16-40(36)30-43)60-57(59-55)49-34-44(33-48-53-45-19-9-8-15-38(45)28-29-52(53)62-54(48)49)61-50-21-11-10-20-46(50)47-31-41-17-6-7-18-42(41)32-51(47)61/h1-34H. The first kappa shape index (κ1) is 34.5. The maximum absolute atomic E-state index is 6.95. The van der Waals surface area contributed by atoms with E-state index >= 15 is 0 Å². The van der Waals surface area contributed by atoms with Crippen molar-refractivity contribution >= 4 is 76.1 Å². The number of aromatic nitrogens is 4. The summed E-state index contributed by atoms with van der Waals surface area (Å²) in [6.07, 6.45) is 0. The topological polar surface area (TPSA) is 56.7 Å². The van der Waals surface area contributed by atoms with Crippen molar-refractivity contribution in [3.63, 3.8) is 0 Å². The van der Waals surface area contributed by atoms with Gasteiger partial charge in [0.15, 0.2) is 17.5 Å². The molecule has 0 unspecified atom stereocenters. The van der Waals surface area contributed by atoms with E-state index < -0.39 is 0 Å². The van der Waals surface area contributed by atoms with E-state index in [1.54, 1.807) is 0 Å². The second kappa shape index (κ2) is 13.6. The van der Waals surface area contributed by atoms with Gasteiger partial charge in [-0.15, -0.1) is 0 Å². The molecule has 0 bridgehead atoms. The number of nitrogens with zero attached hydrogens (tertiary/aromatic N) is 4. The summed E-state index contributed by atoms with van der Waals surface area (Å²) in [5.41, 5.74) is 9.65. The van der Waals surface area contributed by atoms with Crippen LogP contribution in [0.5, 0.6) is 0 Å². The Balaban J connectivity index is 1.12. The molecule has 0 aliphatic heterocycles. The van der Waals surface area contributed by atoms with Gasteiger partial charge in [0.2, 0.25) is 0 Å². The Labute approximate surface area is 355 Å². The van der Waals surface area contributed by atoms with Crippen molar-refractivity contribution in [1.29, 1.82) is 0 Å². The fourth-order valence-electron chi connectivity index (χ4n) is 9.39. The van der Waals surface area contributed by atoms with Crippen molar-refractivity contribution in [2.24, 2.45) is 0 Å². The van der Waals surface area contributed by atoms with Crippen LogP contribution in [0.25, 0.3) is 127 Å². The number of fused-ring (bicyclic) bond motifs is 10. The van der Waals surface area contributed by atoms with E-state index in [4.69, 9.17) is 19.4 Å². The van der Waals surface area contributed by atoms with Gasteiger partial charge in [0.05, 0.1) is 16.6 Å². The van der Waals surface area contributed by atoms with Crippen LogP contribution in [-0.4, -0.2) is 19.5 Å². The highest BCUT2D eigenvalue weighted by Gasteiger charge is 2.23. The number of hydrogen-bond donors (Lipinski definition) is 0. The quantitative estimate of drug-likeness (QED) is 0.174. The lowest BCUT2D eigenvalue weighted by atomic mass is 10.0. The van der Waals surface area contributed by atoms with Gasteiger partial charge >= 0.3 is 0 Å². The third kappa shape index (κ3) is 5.45. The average molecular weight is 791 g/mol. The maximum Gasteiger partial charge on any atom is 0.167 e. The van der Waals surface area contributed by atoms with Gasteiger partial charge in [-0.05, 0) is 85.9 Å². The normalized spacial score (nSPS) is 11.9. The zero-order valence-corrected chi connectivity index (χ0v) is 33.3. The molecule has 0 fully saturated rings. The average Bonchev–Trinajstić information content (AvgIpc) is 3.88. The zero-order valence-electron chi connectivity index (χ0n) is 33.3. The van der Waals surface area contributed by atoms with E-state index in [1.807, 2.05) is 6.07 Å². The van der Waals surface area contributed by atoms with E-state index in [-0.39, 0.29) is 0 Å². The van der Waals surface area contributed by atoms with E-state index in [2.05, 4.69) is 205 Å². The fraction of sp³-hybridized carbons (Fsp3) is 0. The molecule has 13 rings (SSSR count). The van der Waals surface area contributed by atoms with Gasteiger partial charge in [-0.25, -0.2) is 15.0 Å². The Morgan fingerprint density at radius 1 is 0.339 bits per heavy atom. The molecule has 0 spiro atoms. The molecule has 0 amide bonds. The van der Waals surface area contributed by atoms with Crippen LogP contribution in [0, 0.1) is 0 Å². The summed E-state index contributed by atoms with van der Waals surface area (Å²) in [6, 6.07) is 72.8. The maximum atomic E-state index is 6.95. The molecule has 10 aromatic carbocycles. The highest BCUT2D eigenvalue weighted by Crippen LogP contribution is 2.43. The first-order valence-corrected chi connectivity index (χ1v) is 20.9. The molecule has 0 saturated heterocycles. The first-order valence-electron chi connectivity index (χ1n) is 20.9. The predicted octanol–water partition coefficient (Wildman–Crippen LogP) is 15.0. The van der Waals surface area contributed by atoms with E-state index in [9.17, 15) is 0 Å². The van der Waals surface area contributed by atoms with Crippen molar-refractivity contribution in [3.8, 4) is 51.0 Å². The molecule has 0 N–H and O–H groups in total. The highest BCUT2D eigenvalue weighted by molar-refractivity contribution is 6.21. The van der Waals surface area contributed by atoms with Crippen LogP contribution >= 0.6 is 0 Å². The largest absolute Gasteiger partial charge is 0.455 e. The first-order chi connectivity index (χ1) is 30.7. The lowest BCUT2D eigenvalue weighted by Gasteiger charge is -2.13. The molecule has 0 radical (unpaired) electrons. The number of furan rings is 1. The van der Waals surface area contributed by atoms with Crippen molar-refractivity contribution in [2.75, 3.05) is 0 Å².